The predicted octanol–water partition coefficient (Wildman–Crippen LogP) is 5.62. The Labute approximate surface area is 164 Å². The molecule has 4 aliphatic carbocycles. The van der Waals surface area contributed by atoms with Crippen molar-refractivity contribution < 1.29 is 14.3 Å². The van der Waals surface area contributed by atoms with Crippen molar-refractivity contribution in [2.24, 2.45) is 28.6 Å². The van der Waals surface area contributed by atoms with Crippen molar-refractivity contribution in [3.63, 3.8) is 0 Å². The summed E-state index contributed by atoms with van der Waals surface area (Å²) in [6.07, 6.45) is 11.2. The number of hydrogen-bond donors (Lipinski definition) is 0. The van der Waals surface area contributed by atoms with Crippen molar-refractivity contribution in [1.82, 2.24) is 0 Å². The smallest absolute Gasteiger partial charge is 0.197 e. The van der Waals surface area contributed by atoms with Crippen molar-refractivity contribution in [3.05, 3.63) is 11.3 Å². The van der Waals surface area contributed by atoms with Crippen molar-refractivity contribution in [2.75, 3.05) is 6.61 Å². The Kier molecular flexibility index (Phi) is 5.01. The number of ketones is 2. The van der Waals surface area contributed by atoms with E-state index in [0.717, 1.165) is 63.5 Å². The number of allylic oxidation sites excluding steroid dienone is 1. The fourth-order valence-electron chi connectivity index (χ4n) is 7.13. The lowest BCUT2D eigenvalue weighted by Gasteiger charge is -2.57. The van der Waals surface area contributed by atoms with Crippen LogP contribution in [-0.4, -0.2) is 18.2 Å². The molecule has 150 valence electrons. The molecule has 0 unspecified atom stereocenters. The highest BCUT2D eigenvalue weighted by Crippen LogP contribution is 2.64. The van der Waals surface area contributed by atoms with Crippen molar-refractivity contribution in [1.29, 1.82) is 0 Å². The SMILES string of the molecule is CCCCCOC1=C2CC[C@@H]3[C@@H](CC[C@]4(C)C(=O)CC[C@@H]34)[C@@]2(C)CCC1=O. The Morgan fingerprint density at radius 2 is 1.70 bits per heavy atom. The van der Waals surface area contributed by atoms with E-state index in [1.54, 1.807) is 0 Å². The molecule has 0 aromatic rings. The van der Waals surface area contributed by atoms with Gasteiger partial charge in [-0.1, -0.05) is 33.6 Å². The molecular formula is C24H36O3. The van der Waals surface area contributed by atoms with Crippen LogP contribution in [0.15, 0.2) is 11.3 Å². The predicted molar refractivity (Wildman–Crippen MR) is 106 cm³/mol. The van der Waals surface area contributed by atoms with Crippen LogP contribution in [0.4, 0.5) is 0 Å². The first-order valence-electron chi connectivity index (χ1n) is 11.3. The molecule has 0 amide bonds. The zero-order chi connectivity index (χ0) is 19.2. The maximum absolute atomic E-state index is 12.7. The summed E-state index contributed by atoms with van der Waals surface area (Å²) in [4.78, 5) is 25.2. The average molecular weight is 373 g/mol. The van der Waals surface area contributed by atoms with E-state index in [1.165, 1.54) is 12.0 Å². The molecule has 0 N–H and O–H groups in total. The van der Waals surface area contributed by atoms with Crippen LogP contribution in [0.1, 0.15) is 91.4 Å². The summed E-state index contributed by atoms with van der Waals surface area (Å²) in [6, 6.07) is 0. The zero-order valence-electron chi connectivity index (χ0n) is 17.4. The van der Waals surface area contributed by atoms with Gasteiger partial charge in [-0.25, -0.2) is 0 Å². The lowest BCUT2D eigenvalue weighted by atomic mass is 9.47. The molecule has 3 saturated carbocycles. The highest BCUT2D eigenvalue weighted by molar-refractivity contribution is 5.95. The molecule has 0 radical (unpaired) electrons. The van der Waals surface area contributed by atoms with E-state index in [4.69, 9.17) is 4.74 Å². The Bertz CT molecular complexity index is 663. The average Bonchev–Trinajstić information content (AvgIpc) is 2.96. The molecule has 0 aromatic heterocycles. The molecule has 5 atom stereocenters. The topological polar surface area (TPSA) is 43.4 Å². The van der Waals surface area contributed by atoms with E-state index in [2.05, 4.69) is 20.8 Å². The summed E-state index contributed by atoms with van der Waals surface area (Å²) in [7, 11) is 0. The van der Waals surface area contributed by atoms with Crippen molar-refractivity contribution >= 4 is 11.6 Å². The number of fused-ring (bicyclic) bond motifs is 5. The van der Waals surface area contributed by atoms with Gasteiger partial charge < -0.3 is 4.74 Å². The van der Waals surface area contributed by atoms with Gasteiger partial charge in [0.15, 0.2) is 11.5 Å². The van der Waals surface area contributed by atoms with Gasteiger partial charge in [-0.15, -0.1) is 0 Å². The van der Waals surface area contributed by atoms with Gasteiger partial charge in [-0.3, -0.25) is 9.59 Å². The van der Waals surface area contributed by atoms with Gasteiger partial charge in [-0.2, -0.15) is 0 Å². The summed E-state index contributed by atoms with van der Waals surface area (Å²) in [5.41, 5.74) is 1.36. The number of hydrogen-bond acceptors (Lipinski definition) is 3. The lowest BCUT2D eigenvalue weighted by Crippen LogP contribution is -2.51. The number of ether oxygens (including phenoxy) is 1. The molecule has 0 heterocycles. The maximum Gasteiger partial charge on any atom is 0.197 e. The van der Waals surface area contributed by atoms with Gasteiger partial charge in [0.05, 0.1) is 6.61 Å². The third-order valence-electron chi connectivity index (χ3n) is 8.77. The van der Waals surface area contributed by atoms with E-state index < -0.39 is 0 Å². The van der Waals surface area contributed by atoms with Crippen LogP contribution in [0.25, 0.3) is 0 Å². The second-order valence-electron chi connectivity index (χ2n) is 10.0. The number of carbonyl (C=O) groups excluding carboxylic acids is 2. The highest BCUT2D eigenvalue weighted by atomic mass is 16.5. The van der Waals surface area contributed by atoms with Gasteiger partial charge in [-0.05, 0) is 73.7 Å². The summed E-state index contributed by atoms with van der Waals surface area (Å²) < 4.78 is 6.11. The highest BCUT2D eigenvalue weighted by Gasteiger charge is 2.59. The van der Waals surface area contributed by atoms with Crippen LogP contribution < -0.4 is 0 Å². The Morgan fingerprint density at radius 3 is 2.48 bits per heavy atom. The van der Waals surface area contributed by atoms with E-state index in [0.29, 0.717) is 36.6 Å². The largest absolute Gasteiger partial charge is 0.490 e. The summed E-state index contributed by atoms with van der Waals surface area (Å²) in [5.74, 6) is 3.30. The fourth-order valence-corrected chi connectivity index (χ4v) is 7.13. The van der Waals surface area contributed by atoms with Crippen LogP contribution in [0.2, 0.25) is 0 Å². The molecule has 0 aromatic carbocycles. The van der Waals surface area contributed by atoms with Crippen LogP contribution in [0.3, 0.4) is 0 Å². The number of Topliss-reactive ketones (excluding diaryl/α,β-unsaturated/α-hetero) is 2. The Morgan fingerprint density at radius 1 is 0.926 bits per heavy atom. The number of carbonyl (C=O) groups is 2. The number of unbranched alkanes of at least 4 members (excludes halogenated alkanes) is 2. The molecular weight excluding hydrogens is 336 g/mol. The molecule has 3 heteroatoms. The van der Waals surface area contributed by atoms with Crippen LogP contribution in [0, 0.1) is 28.6 Å². The number of rotatable bonds is 5. The van der Waals surface area contributed by atoms with Crippen molar-refractivity contribution in [3.8, 4) is 0 Å². The van der Waals surface area contributed by atoms with Gasteiger partial charge in [0.25, 0.3) is 0 Å². The van der Waals surface area contributed by atoms with Crippen LogP contribution in [-0.2, 0) is 14.3 Å². The van der Waals surface area contributed by atoms with Crippen LogP contribution >= 0.6 is 0 Å². The molecule has 0 bridgehead atoms. The first-order chi connectivity index (χ1) is 12.9. The summed E-state index contributed by atoms with van der Waals surface area (Å²) in [5, 5.41) is 0. The molecule has 3 fully saturated rings. The molecule has 0 saturated heterocycles. The second-order valence-corrected chi connectivity index (χ2v) is 10.0. The molecule has 27 heavy (non-hydrogen) atoms. The lowest BCUT2D eigenvalue weighted by molar-refractivity contribution is -0.133. The standard InChI is InChI=1S/C24H36O3/c1-4-5-6-15-27-22-19-8-7-16-17-9-10-21(26)24(17,3)13-11-18(16)23(19,2)14-12-20(22)25/h16-18H,4-15H2,1-3H3/t16-,17-,18+,23+,24-/m0/s1. The minimum Gasteiger partial charge on any atom is -0.490 e. The monoisotopic (exact) mass is 372 g/mol. The third-order valence-corrected chi connectivity index (χ3v) is 8.77. The van der Waals surface area contributed by atoms with Gasteiger partial charge in [0.1, 0.15) is 5.78 Å². The van der Waals surface area contributed by atoms with E-state index in [9.17, 15) is 9.59 Å². The fraction of sp³-hybridized carbons (Fsp3) is 0.833. The molecule has 4 rings (SSSR count). The molecule has 0 spiro atoms. The minimum atomic E-state index is -0.0668. The van der Waals surface area contributed by atoms with Gasteiger partial charge >= 0.3 is 0 Å². The quantitative estimate of drug-likeness (QED) is 0.588. The first-order valence-corrected chi connectivity index (χ1v) is 11.3. The summed E-state index contributed by atoms with van der Waals surface area (Å²) >= 11 is 0. The minimum absolute atomic E-state index is 0.0668. The van der Waals surface area contributed by atoms with E-state index in [-0.39, 0.29) is 16.6 Å². The van der Waals surface area contributed by atoms with Gasteiger partial charge in [0.2, 0.25) is 0 Å². The van der Waals surface area contributed by atoms with Crippen molar-refractivity contribution in [2.45, 2.75) is 91.4 Å². The van der Waals surface area contributed by atoms with E-state index in [1.807, 2.05) is 0 Å². The molecule has 4 aliphatic rings. The summed E-state index contributed by atoms with van der Waals surface area (Å²) in [6.45, 7) is 7.51. The normalized spacial score (nSPS) is 41.2. The Balaban J connectivity index is 1.60. The molecule has 3 nitrogen and oxygen atoms in total. The van der Waals surface area contributed by atoms with Crippen LogP contribution in [0.5, 0.6) is 0 Å². The zero-order valence-corrected chi connectivity index (χ0v) is 17.4. The Hall–Kier alpha value is -1.12. The first kappa shape index (κ1) is 19.2. The maximum atomic E-state index is 12.7. The van der Waals surface area contributed by atoms with Gasteiger partial charge in [0, 0.05) is 18.3 Å². The van der Waals surface area contributed by atoms with E-state index >= 15 is 0 Å². The second kappa shape index (κ2) is 7.04. The molecule has 0 aliphatic heterocycles. The third kappa shape index (κ3) is 2.91.